The minimum absolute atomic E-state index is 0.584. The number of thiocarbonyl (C=S) groups is 1. The Labute approximate surface area is 156 Å². The highest BCUT2D eigenvalue weighted by molar-refractivity contribution is 7.80. The molecule has 2 nitrogen and oxygen atoms in total. The lowest BCUT2D eigenvalue weighted by Gasteiger charge is -2.31. The molecule has 2 aliphatic carbocycles. The summed E-state index contributed by atoms with van der Waals surface area (Å²) in [5, 5.41) is 4.62. The van der Waals surface area contributed by atoms with Gasteiger partial charge in [0.1, 0.15) is 0 Å². The first-order valence-electron chi connectivity index (χ1n) is 9.41. The van der Waals surface area contributed by atoms with Crippen molar-refractivity contribution < 1.29 is 0 Å². The second-order valence-electron chi connectivity index (χ2n) is 7.56. The van der Waals surface area contributed by atoms with Gasteiger partial charge in [-0.2, -0.15) is 0 Å². The average Bonchev–Trinajstić information content (AvgIpc) is 3.26. The maximum absolute atomic E-state index is 5.84. The van der Waals surface area contributed by atoms with E-state index in [1.165, 1.54) is 36.8 Å². The van der Waals surface area contributed by atoms with Gasteiger partial charge < -0.3 is 10.2 Å². The van der Waals surface area contributed by atoms with Crippen LogP contribution in [0.5, 0.6) is 0 Å². The molecule has 0 heterocycles. The molecular formula is C22H26N2S. The predicted octanol–water partition coefficient (Wildman–Crippen LogP) is 4.75. The lowest BCUT2D eigenvalue weighted by Crippen LogP contribution is -2.45. The summed E-state index contributed by atoms with van der Waals surface area (Å²) in [7, 11) is 0. The van der Waals surface area contributed by atoms with Gasteiger partial charge in [-0.1, -0.05) is 67.1 Å². The van der Waals surface area contributed by atoms with Crippen molar-refractivity contribution in [2.45, 2.75) is 44.8 Å². The molecule has 2 aromatic rings. The van der Waals surface area contributed by atoms with Crippen molar-refractivity contribution in [2.24, 2.45) is 11.8 Å². The maximum atomic E-state index is 5.84. The molecule has 3 unspecified atom stereocenters. The molecule has 130 valence electrons. The van der Waals surface area contributed by atoms with E-state index in [4.69, 9.17) is 12.2 Å². The summed E-state index contributed by atoms with van der Waals surface area (Å²) in [6.45, 7) is 1.70. The molecule has 0 aromatic heterocycles. The van der Waals surface area contributed by atoms with E-state index >= 15 is 0 Å². The van der Waals surface area contributed by atoms with E-state index in [2.05, 4.69) is 70.9 Å². The molecule has 1 N–H and O–H groups in total. The van der Waals surface area contributed by atoms with Crippen LogP contribution in [0.15, 0.2) is 60.7 Å². The van der Waals surface area contributed by atoms with Gasteiger partial charge in [0.15, 0.2) is 5.11 Å². The van der Waals surface area contributed by atoms with Crippen LogP contribution < -0.4 is 5.32 Å². The van der Waals surface area contributed by atoms with Crippen LogP contribution in [-0.2, 0) is 13.1 Å². The molecule has 2 aromatic carbocycles. The number of fused-ring (bicyclic) bond motifs is 2. The summed E-state index contributed by atoms with van der Waals surface area (Å²) < 4.78 is 0. The maximum Gasteiger partial charge on any atom is 0.169 e. The second-order valence-corrected chi connectivity index (χ2v) is 7.94. The van der Waals surface area contributed by atoms with Gasteiger partial charge in [-0.3, -0.25) is 0 Å². The van der Waals surface area contributed by atoms with Crippen molar-refractivity contribution in [3.05, 3.63) is 71.8 Å². The van der Waals surface area contributed by atoms with Crippen molar-refractivity contribution in [1.29, 1.82) is 0 Å². The molecule has 0 spiro atoms. The molecule has 0 radical (unpaired) electrons. The first-order valence-corrected chi connectivity index (χ1v) is 9.82. The smallest absolute Gasteiger partial charge is 0.169 e. The zero-order valence-corrected chi connectivity index (χ0v) is 15.4. The highest BCUT2D eigenvalue weighted by Gasteiger charge is 2.40. The number of hydrogen-bond acceptors (Lipinski definition) is 1. The molecule has 0 aliphatic heterocycles. The fraction of sp³-hybridized carbons (Fsp3) is 0.409. The van der Waals surface area contributed by atoms with E-state index in [0.717, 1.165) is 30.0 Å². The van der Waals surface area contributed by atoms with Gasteiger partial charge in [0.25, 0.3) is 0 Å². The normalized spacial score (nSPS) is 24.2. The minimum Gasteiger partial charge on any atom is -0.360 e. The number of nitrogens with one attached hydrogen (secondary N) is 1. The van der Waals surface area contributed by atoms with Crippen LogP contribution >= 0.6 is 12.2 Å². The van der Waals surface area contributed by atoms with Crippen LogP contribution in [0.2, 0.25) is 0 Å². The topological polar surface area (TPSA) is 15.3 Å². The Kier molecular flexibility index (Phi) is 5.02. The molecule has 0 amide bonds. The van der Waals surface area contributed by atoms with Gasteiger partial charge in [0, 0.05) is 19.1 Å². The van der Waals surface area contributed by atoms with Gasteiger partial charge in [-0.15, -0.1) is 0 Å². The molecular weight excluding hydrogens is 324 g/mol. The van der Waals surface area contributed by atoms with E-state index < -0.39 is 0 Å². The fourth-order valence-corrected chi connectivity index (χ4v) is 4.76. The summed E-state index contributed by atoms with van der Waals surface area (Å²) in [4.78, 5) is 2.31. The molecule has 4 rings (SSSR count). The molecule has 2 aliphatic rings. The lowest BCUT2D eigenvalue weighted by molar-refractivity contribution is 0.351. The SMILES string of the molecule is S=C(NC1CC2CCC1C2)N(Cc1ccccc1)Cc1ccccc1. The van der Waals surface area contributed by atoms with Crippen LogP contribution in [0, 0.1) is 11.8 Å². The largest absolute Gasteiger partial charge is 0.360 e. The van der Waals surface area contributed by atoms with Crippen LogP contribution in [-0.4, -0.2) is 16.1 Å². The van der Waals surface area contributed by atoms with Gasteiger partial charge in [-0.25, -0.2) is 0 Å². The van der Waals surface area contributed by atoms with Crippen molar-refractivity contribution in [3.8, 4) is 0 Å². The van der Waals surface area contributed by atoms with Gasteiger partial charge in [0.05, 0.1) is 0 Å². The van der Waals surface area contributed by atoms with E-state index in [1.807, 2.05) is 0 Å². The Hall–Kier alpha value is -1.87. The monoisotopic (exact) mass is 350 g/mol. The summed E-state index contributed by atoms with van der Waals surface area (Å²) in [6, 6.07) is 21.8. The van der Waals surface area contributed by atoms with E-state index in [9.17, 15) is 0 Å². The highest BCUT2D eigenvalue weighted by Crippen LogP contribution is 2.44. The third-order valence-electron chi connectivity index (χ3n) is 5.77. The Bertz CT molecular complexity index is 659. The quantitative estimate of drug-likeness (QED) is 0.783. The molecule has 3 heteroatoms. The summed E-state index contributed by atoms with van der Waals surface area (Å²) in [5.74, 6) is 1.76. The van der Waals surface area contributed by atoms with Gasteiger partial charge in [0.2, 0.25) is 0 Å². The summed E-state index contributed by atoms with van der Waals surface area (Å²) in [6.07, 6.45) is 5.50. The molecule has 3 atom stereocenters. The molecule has 2 bridgehead atoms. The molecule has 0 saturated heterocycles. The zero-order valence-electron chi connectivity index (χ0n) is 14.6. The van der Waals surface area contributed by atoms with Gasteiger partial charge in [-0.05, 0) is 54.4 Å². The highest BCUT2D eigenvalue weighted by atomic mass is 32.1. The Morgan fingerprint density at radius 3 is 1.96 bits per heavy atom. The number of hydrogen-bond donors (Lipinski definition) is 1. The standard InChI is InChI=1S/C22H26N2S/c25-22(23-21-14-19-11-12-20(21)13-19)24(15-17-7-3-1-4-8-17)16-18-9-5-2-6-10-18/h1-10,19-21H,11-16H2,(H,23,25). The minimum atomic E-state index is 0.584. The molecule has 25 heavy (non-hydrogen) atoms. The van der Waals surface area contributed by atoms with Crippen LogP contribution in [0.3, 0.4) is 0 Å². The lowest BCUT2D eigenvalue weighted by atomic mass is 9.95. The third kappa shape index (κ3) is 4.04. The van der Waals surface area contributed by atoms with Crippen LogP contribution in [0.4, 0.5) is 0 Å². The first-order chi connectivity index (χ1) is 12.3. The average molecular weight is 351 g/mol. The van der Waals surface area contributed by atoms with Crippen molar-refractivity contribution in [3.63, 3.8) is 0 Å². The summed E-state index contributed by atoms with van der Waals surface area (Å²) in [5.41, 5.74) is 2.60. The molecule has 2 saturated carbocycles. The Balaban J connectivity index is 1.46. The number of benzene rings is 2. The number of rotatable bonds is 5. The number of nitrogens with zero attached hydrogens (tertiary/aromatic N) is 1. The summed E-state index contributed by atoms with van der Waals surface area (Å²) >= 11 is 5.84. The van der Waals surface area contributed by atoms with Crippen molar-refractivity contribution >= 4 is 17.3 Å². The van der Waals surface area contributed by atoms with Gasteiger partial charge >= 0.3 is 0 Å². The van der Waals surface area contributed by atoms with Crippen molar-refractivity contribution in [2.75, 3.05) is 0 Å². The first kappa shape index (κ1) is 16.6. The van der Waals surface area contributed by atoms with Crippen molar-refractivity contribution in [1.82, 2.24) is 10.2 Å². The van der Waals surface area contributed by atoms with E-state index in [1.54, 1.807) is 0 Å². The second kappa shape index (κ2) is 7.57. The van der Waals surface area contributed by atoms with Crippen LogP contribution in [0.1, 0.15) is 36.8 Å². The zero-order chi connectivity index (χ0) is 17.1. The van der Waals surface area contributed by atoms with E-state index in [0.29, 0.717) is 6.04 Å². The predicted molar refractivity (Wildman–Crippen MR) is 107 cm³/mol. The van der Waals surface area contributed by atoms with Crippen LogP contribution in [0.25, 0.3) is 0 Å². The fourth-order valence-electron chi connectivity index (χ4n) is 4.48. The van der Waals surface area contributed by atoms with E-state index in [-0.39, 0.29) is 0 Å². The molecule has 2 fully saturated rings. The Morgan fingerprint density at radius 2 is 1.48 bits per heavy atom. The Morgan fingerprint density at radius 1 is 0.880 bits per heavy atom. The third-order valence-corrected chi connectivity index (χ3v) is 6.14.